The van der Waals surface area contributed by atoms with Crippen molar-refractivity contribution in [2.45, 2.75) is 23.3 Å². The first-order valence-electron chi connectivity index (χ1n) is 8.30. The first kappa shape index (κ1) is 16.7. The van der Waals surface area contributed by atoms with E-state index < -0.39 is 10.4 Å². The predicted octanol–water partition coefficient (Wildman–Crippen LogP) is 6.01. The highest BCUT2D eigenvalue weighted by Gasteiger charge is 2.36. The third-order valence-electron chi connectivity index (χ3n) is 5.03. The fourth-order valence-corrected chi connectivity index (χ4v) is 3.96. The van der Waals surface area contributed by atoms with Gasteiger partial charge >= 0.3 is 0 Å². The fourth-order valence-electron chi connectivity index (χ4n) is 3.74. The number of rotatable bonds is 3. The molecule has 0 amide bonds. The zero-order chi connectivity index (χ0) is 17.6. The minimum atomic E-state index is -1.36. The third-order valence-corrected chi connectivity index (χ3v) is 5.88. The fraction of sp³-hybridized carbons (Fsp3) is 0.182. The van der Waals surface area contributed by atoms with Gasteiger partial charge < -0.3 is 5.11 Å². The van der Waals surface area contributed by atoms with Gasteiger partial charge in [0.2, 0.25) is 0 Å². The Bertz CT molecular complexity index is 973. The second-order valence-corrected chi connectivity index (χ2v) is 7.76. The van der Waals surface area contributed by atoms with E-state index in [-0.39, 0.29) is 5.92 Å². The molecule has 2 atom stereocenters. The number of aliphatic hydroxyl groups is 1. The van der Waals surface area contributed by atoms with Gasteiger partial charge in [-0.1, -0.05) is 72.8 Å². The van der Waals surface area contributed by atoms with Gasteiger partial charge in [0.15, 0.2) is 0 Å². The van der Waals surface area contributed by atoms with Gasteiger partial charge in [0.05, 0.1) is 0 Å². The minimum absolute atomic E-state index is 0.0781. The molecule has 0 radical (unpaired) electrons. The Morgan fingerprint density at radius 3 is 2.44 bits per heavy atom. The molecule has 126 valence electrons. The van der Waals surface area contributed by atoms with Gasteiger partial charge in [-0.3, -0.25) is 0 Å². The number of benzene rings is 3. The van der Waals surface area contributed by atoms with E-state index in [9.17, 15) is 5.11 Å². The van der Waals surface area contributed by atoms with E-state index >= 15 is 0 Å². The van der Waals surface area contributed by atoms with Crippen LogP contribution in [0.15, 0.2) is 66.7 Å². The van der Waals surface area contributed by atoms with Crippen LogP contribution in [0.4, 0.5) is 0 Å². The number of alkyl halides is 2. The lowest BCUT2D eigenvalue weighted by molar-refractivity contribution is 0.0727. The van der Waals surface area contributed by atoms with Crippen molar-refractivity contribution in [1.82, 2.24) is 0 Å². The molecule has 1 nitrogen and oxygen atoms in total. The van der Waals surface area contributed by atoms with Gasteiger partial charge in [-0.05, 0) is 39.9 Å². The van der Waals surface area contributed by atoms with Crippen molar-refractivity contribution in [1.29, 1.82) is 0 Å². The third kappa shape index (κ3) is 2.67. The largest absolute Gasteiger partial charge is 0.383 e. The summed E-state index contributed by atoms with van der Waals surface area (Å²) in [6.45, 7) is 1.69. The van der Waals surface area contributed by atoms with Gasteiger partial charge in [0.25, 0.3) is 0 Å². The number of halogens is 2. The highest BCUT2D eigenvalue weighted by atomic mass is 35.5. The SMILES string of the molecule is CC(O)(c1c(C2C=Cc3ccccc32)ccc2ccccc12)C(Cl)Cl. The van der Waals surface area contributed by atoms with Crippen molar-refractivity contribution in [3.8, 4) is 0 Å². The molecule has 0 aromatic heterocycles. The van der Waals surface area contributed by atoms with Gasteiger partial charge in [0.1, 0.15) is 10.4 Å². The van der Waals surface area contributed by atoms with Crippen LogP contribution < -0.4 is 0 Å². The normalized spacial score (nSPS) is 18.5. The second-order valence-electron chi connectivity index (χ2n) is 6.66. The van der Waals surface area contributed by atoms with Crippen molar-refractivity contribution < 1.29 is 5.11 Å². The molecule has 3 aromatic carbocycles. The van der Waals surface area contributed by atoms with Gasteiger partial charge in [-0.15, -0.1) is 23.2 Å². The van der Waals surface area contributed by atoms with E-state index in [0.717, 1.165) is 21.9 Å². The molecule has 3 aromatic rings. The van der Waals surface area contributed by atoms with Gasteiger partial charge in [-0.2, -0.15) is 0 Å². The summed E-state index contributed by atoms with van der Waals surface area (Å²) >= 11 is 12.4. The van der Waals surface area contributed by atoms with E-state index in [0.29, 0.717) is 0 Å². The van der Waals surface area contributed by atoms with Crippen LogP contribution in [0.2, 0.25) is 0 Å². The lowest BCUT2D eigenvalue weighted by Crippen LogP contribution is -2.31. The Morgan fingerprint density at radius 2 is 1.64 bits per heavy atom. The molecular formula is C22H18Cl2O. The quantitative estimate of drug-likeness (QED) is 0.561. The van der Waals surface area contributed by atoms with Crippen LogP contribution in [0.25, 0.3) is 16.8 Å². The van der Waals surface area contributed by atoms with Crippen LogP contribution in [-0.2, 0) is 5.60 Å². The zero-order valence-corrected chi connectivity index (χ0v) is 15.3. The number of fused-ring (bicyclic) bond motifs is 2. The molecular weight excluding hydrogens is 351 g/mol. The number of hydrogen-bond acceptors (Lipinski definition) is 1. The van der Waals surface area contributed by atoms with E-state index in [1.54, 1.807) is 6.92 Å². The van der Waals surface area contributed by atoms with E-state index in [1.807, 2.05) is 36.4 Å². The molecule has 0 aliphatic heterocycles. The summed E-state index contributed by atoms with van der Waals surface area (Å²) < 4.78 is 0. The van der Waals surface area contributed by atoms with Gasteiger partial charge in [-0.25, -0.2) is 0 Å². The lowest BCUT2D eigenvalue weighted by atomic mass is 9.81. The first-order valence-corrected chi connectivity index (χ1v) is 9.17. The number of hydrogen-bond donors (Lipinski definition) is 1. The second kappa shape index (κ2) is 6.17. The van der Waals surface area contributed by atoms with Gasteiger partial charge in [0, 0.05) is 5.92 Å². The minimum Gasteiger partial charge on any atom is -0.383 e. The van der Waals surface area contributed by atoms with E-state index in [2.05, 4.69) is 36.4 Å². The highest BCUT2D eigenvalue weighted by Crippen LogP contribution is 2.44. The molecule has 25 heavy (non-hydrogen) atoms. The molecule has 0 spiro atoms. The van der Waals surface area contributed by atoms with Crippen molar-refractivity contribution in [2.24, 2.45) is 0 Å². The van der Waals surface area contributed by atoms with E-state index in [1.165, 1.54) is 11.1 Å². The van der Waals surface area contributed by atoms with Crippen LogP contribution in [0.5, 0.6) is 0 Å². The monoisotopic (exact) mass is 368 g/mol. The average Bonchev–Trinajstić information content (AvgIpc) is 3.04. The summed E-state index contributed by atoms with van der Waals surface area (Å²) in [5, 5.41) is 13.2. The van der Waals surface area contributed by atoms with Crippen LogP contribution in [0.1, 0.15) is 35.1 Å². The maximum atomic E-state index is 11.2. The summed E-state index contributed by atoms with van der Waals surface area (Å²) in [5.74, 6) is 0.0781. The Labute approximate surface area is 157 Å². The Balaban J connectivity index is 2.01. The summed E-state index contributed by atoms with van der Waals surface area (Å²) in [6, 6.07) is 20.5. The summed E-state index contributed by atoms with van der Waals surface area (Å²) in [6.07, 6.45) is 4.30. The topological polar surface area (TPSA) is 20.2 Å². The molecule has 4 rings (SSSR count). The maximum Gasteiger partial charge on any atom is 0.140 e. The van der Waals surface area contributed by atoms with Crippen molar-refractivity contribution >= 4 is 40.1 Å². The molecule has 0 fully saturated rings. The van der Waals surface area contributed by atoms with Crippen molar-refractivity contribution in [3.05, 3.63) is 89.0 Å². The Hall–Kier alpha value is -1.80. The summed E-state index contributed by atoms with van der Waals surface area (Å²) in [5.41, 5.74) is 2.92. The number of allylic oxidation sites excluding steroid dienone is 1. The zero-order valence-electron chi connectivity index (χ0n) is 13.8. The molecule has 0 bridgehead atoms. The Kier molecular flexibility index (Phi) is 4.11. The molecule has 3 heteroatoms. The van der Waals surface area contributed by atoms with E-state index in [4.69, 9.17) is 23.2 Å². The Morgan fingerprint density at radius 1 is 0.920 bits per heavy atom. The average molecular weight is 369 g/mol. The lowest BCUT2D eigenvalue weighted by Gasteiger charge is -2.31. The summed E-state index contributed by atoms with van der Waals surface area (Å²) in [4.78, 5) is -0.933. The smallest absolute Gasteiger partial charge is 0.140 e. The van der Waals surface area contributed by atoms with Crippen LogP contribution >= 0.6 is 23.2 Å². The van der Waals surface area contributed by atoms with Crippen LogP contribution in [0, 0.1) is 0 Å². The molecule has 0 saturated heterocycles. The predicted molar refractivity (Wildman–Crippen MR) is 106 cm³/mol. The van der Waals surface area contributed by atoms with Crippen LogP contribution in [-0.4, -0.2) is 9.94 Å². The molecule has 1 N–H and O–H groups in total. The van der Waals surface area contributed by atoms with Crippen molar-refractivity contribution in [2.75, 3.05) is 0 Å². The molecule has 2 unspecified atom stereocenters. The summed E-state index contributed by atoms with van der Waals surface area (Å²) in [7, 11) is 0. The maximum absolute atomic E-state index is 11.2. The first-order chi connectivity index (χ1) is 12.0. The molecule has 1 aliphatic rings. The standard InChI is InChI=1S/C22H18Cl2O/c1-22(25,21(23)24)20-17-9-5-3-7-15(17)11-13-19(20)18-12-10-14-6-2-4-8-16(14)18/h2-13,18,21,25H,1H3. The molecule has 1 aliphatic carbocycles. The highest BCUT2D eigenvalue weighted by molar-refractivity contribution is 6.45. The molecule has 0 heterocycles. The van der Waals surface area contributed by atoms with Crippen LogP contribution in [0.3, 0.4) is 0 Å². The van der Waals surface area contributed by atoms with Crippen molar-refractivity contribution in [3.63, 3.8) is 0 Å². The molecule has 0 saturated carbocycles.